The van der Waals surface area contributed by atoms with Gasteiger partial charge in [-0.25, -0.2) is 4.79 Å². The fraction of sp³-hybridized carbons (Fsp3) is 0.244. The van der Waals surface area contributed by atoms with Gasteiger partial charge in [0.1, 0.15) is 0 Å². The van der Waals surface area contributed by atoms with E-state index in [2.05, 4.69) is 41.5 Å². The Morgan fingerprint density at radius 3 is 1.88 bits per heavy atom. The predicted octanol–water partition coefficient (Wildman–Crippen LogP) is 7.19. The second kappa shape index (κ2) is 17.4. The third-order valence-corrected chi connectivity index (χ3v) is 9.40. The van der Waals surface area contributed by atoms with E-state index in [9.17, 15) is 32.3 Å². The van der Waals surface area contributed by atoms with Crippen LogP contribution in [0.1, 0.15) is 53.0 Å². The summed E-state index contributed by atoms with van der Waals surface area (Å²) in [5, 5.41) is 23.7. The van der Waals surface area contributed by atoms with Gasteiger partial charge in [-0.3, -0.25) is 14.4 Å². The second-order valence-corrected chi connectivity index (χ2v) is 15.0. The van der Waals surface area contributed by atoms with Crippen molar-refractivity contribution < 1.29 is 42.2 Å². The number of alkyl halides is 3. The standard InChI is InChI=1S/C41H38ClF3N8O6/c1-39(2,22-47-33(55)34(56)48-30-15-7-25(8-16-30)24-3-5-27(6-4-24)35(57)58)21-46-32(54)26-9-17-31(18-10-26)49-36-50-37(52-38(51-36)59-23-41(43,44)45)53-40(19-20-40)28-11-13-29(42)14-12-28/h3-18H,19-23H2,1-2H3,(H,46,54)(H,47,55)(H,48,56)(H,57,58)(H2,49,50,51,52,53). The SMILES string of the molecule is CC(C)(CNC(=O)C(=O)Nc1ccc(-c2ccc(C(=O)O)cc2)cc1)CNC(=O)c1ccc(Nc2nc(NC3(c4ccc(Cl)cc4)CC3)nc(OCC(F)(F)F)n2)cc1. The fourth-order valence-electron chi connectivity index (χ4n) is 5.73. The Bertz CT molecular complexity index is 2320. The Kier molecular flexibility index (Phi) is 12.3. The summed E-state index contributed by atoms with van der Waals surface area (Å²) in [6.07, 6.45) is -3.17. The zero-order chi connectivity index (χ0) is 42.4. The van der Waals surface area contributed by atoms with E-state index in [0.717, 1.165) is 29.5 Å². The molecule has 0 aliphatic heterocycles. The number of anilines is 4. The van der Waals surface area contributed by atoms with Crippen molar-refractivity contribution in [2.45, 2.75) is 38.4 Å². The first kappa shape index (κ1) is 41.9. The van der Waals surface area contributed by atoms with Gasteiger partial charge in [0.2, 0.25) is 11.9 Å². The third kappa shape index (κ3) is 11.7. The van der Waals surface area contributed by atoms with Gasteiger partial charge < -0.3 is 36.4 Å². The largest absolute Gasteiger partial charge is 0.478 e. The Labute approximate surface area is 341 Å². The number of carboxylic acids is 1. The van der Waals surface area contributed by atoms with Gasteiger partial charge in [-0.1, -0.05) is 61.8 Å². The molecule has 18 heteroatoms. The number of nitrogens with one attached hydrogen (secondary N) is 5. The van der Waals surface area contributed by atoms with Crippen molar-refractivity contribution in [2.24, 2.45) is 5.41 Å². The lowest BCUT2D eigenvalue weighted by Crippen LogP contribution is -2.44. The monoisotopic (exact) mass is 830 g/mol. The number of ether oxygens (including phenoxy) is 1. The fourth-order valence-corrected chi connectivity index (χ4v) is 5.86. The average Bonchev–Trinajstić information content (AvgIpc) is 3.99. The van der Waals surface area contributed by atoms with Crippen LogP contribution in [0.2, 0.25) is 5.02 Å². The highest BCUT2D eigenvalue weighted by Crippen LogP contribution is 2.48. The molecule has 5 aromatic rings. The number of aromatic nitrogens is 3. The number of aromatic carboxylic acids is 1. The molecular weight excluding hydrogens is 793 g/mol. The van der Waals surface area contributed by atoms with Crippen LogP contribution in [0.3, 0.4) is 0 Å². The number of hydrogen-bond donors (Lipinski definition) is 6. The molecule has 6 N–H and O–H groups in total. The van der Waals surface area contributed by atoms with Crippen molar-refractivity contribution in [3.63, 3.8) is 0 Å². The van der Waals surface area contributed by atoms with E-state index in [4.69, 9.17) is 21.4 Å². The van der Waals surface area contributed by atoms with Crippen molar-refractivity contribution in [2.75, 3.05) is 35.6 Å². The number of carbonyl (C=O) groups excluding carboxylic acids is 3. The van der Waals surface area contributed by atoms with Gasteiger partial charge in [-0.05, 0) is 95.6 Å². The van der Waals surface area contributed by atoms with Gasteiger partial charge in [-0.2, -0.15) is 28.1 Å². The van der Waals surface area contributed by atoms with E-state index >= 15 is 0 Å². The molecule has 0 spiro atoms. The normalized spacial score (nSPS) is 13.1. The summed E-state index contributed by atoms with van der Waals surface area (Å²) in [5.74, 6) is -3.28. The van der Waals surface area contributed by atoms with Gasteiger partial charge in [0.05, 0.1) is 11.1 Å². The van der Waals surface area contributed by atoms with Crippen molar-refractivity contribution in [3.8, 4) is 17.1 Å². The minimum Gasteiger partial charge on any atom is -0.478 e. The number of halogens is 4. The number of carbonyl (C=O) groups is 4. The molecule has 1 aliphatic rings. The third-order valence-electron chi connectivity index (χ3n) is 9.15. The lowest BCUT2D eigenvalue weighted by atomic mass is 9.93. The van der Waals surface area contributed by atoms with E-state index in [0.29, 0.717) is 22.0 Å². The Hall–Kier alpha value is -6.75. The lowest BCUT2D eigenvalue weighted by Gasteiger charge is -2.25. The number of amides is 3. The number of rotatable bonds is 15. The molecule has 306 valence electrons. The van der Waals surface area contributed by atoms with E-state index in [-0.39, 0.29) is 30.5 Å². The highest BCUT2D eigenvalue weighted by atomic mass is 35.5. The van der Waals surface area contributed by atoms with Gasteiger partial charge in [0.25, 0.3) is 5.91 Å². The summed E-state index contributed by atoms with van der Waals surface area (Å²) >= 11 is 6.04. The van der Waals surface area contributed by atoms with E-state index < -0.39 is 53.4 Å². The maximum atomic E-state index is 13.0. The van der Waals surface area contributed by atoms with Crippen molar-refractivity contribution in [1.82, 2.24) is 25.6 Å². The van der Waals surface area contributed by atoms with Crippen LogP contribution in [0.15, 0.2) is 97.1 Å². The van der Waals surface area contributed by atoms with Gasteiger partial charge in [-0.15, -0.1) is 0 Å². The molecular formula is C41H38ClF3N8O6. The summed E-state index contributed by atoms with van der Waals surface area (Å²) in [5.41, 5.74) is 2.54. The second-order valence-electron chi connectivity index (χ2n) is 14.5. The molecule has 4 aromatic carbocycles. The van der Waals surface area contributed by atoms with Crippen LogP contribution in [-0.4, -0.2) is 69.6 Å². The van der Waals surface area contributed by atoms with Gasteiger partial charge in [0, 0.05) is 35.1 Å². The molecule has 59 heavy (non-hydrogen) atoms. The number of nitrogens with zero attached hydrogens (tertiary/aromatic N) is 3. The highest BCUT2D eigenvalue weighted by Gasteiger charge is 2.45. The van der Waals surface area contributed by atoms with Crippen LogP contribution < -0.4 is 31.3 Å². The summed E-state index contributed by atoms with van der Waals surface area (Å²) in [6.45, 7) is 2.19. The van der Waals surface area contributed by atoms with Crippen molar-refractivity contribution in [3.05, 3.63) is 119 Å². The molecule has 0 radical (unpaired) electrons. The zero-order valence-electron chi connectivity index (χ0n) is 31.6. The number of hydrogen-bond acceptors (Lipinski definition) is 10. The molecule has 1 fully saturated rings. The van der Waals surface area contributed by atoms with E-state index in [1.807, 2.05) is 12.1 Å². The lowest BCUT2D eigenvalue weighted by molar-refractivity contribution is -0.154. The summed E-state index contributed by atoms with van der Waals surface area (Å²) in [4.78, 5) is 61.7. The molecule has 14 nitrogen and oxygen atoms in total. The first-order chi connectivity index (χ1) is 28.0. The molecule has 3 amide bonds. The predicted molar refractivity (Wildman–Crippen MR) is 214 cm³/mol. The topological polar surface area (TPSA) is 197 Å². The average molecular weight is 831 g/mol. The van der Waals surface area contributed by atoms with Crippen LogP contribution in [0.5, 0.6) is 6.01 Å². The van der Waals surface area contributed by atoms with Crippen LogP contribution in [0, 0.1) is 5.41 Å². The minimum absolute atomic E-state index is 0.00219. The van der Waals surface area contributed by atoms with Crippen molar-refractivity contribution in [1.29, 1.82) is 0 Å². The molecule has 1 aliphatic carbocycles. The molecule has 6 rings (SSSR count). The Morgan fingerprint density at radius 2 is 1.29 bits per heavy atom. The molecule has 1 saturated carbocycles. The Morgan fingerprint density at radius 1 is 0.729 bits per heavy atom. The van der Waals surface area contributed by atoms with E-state index in [1.54, 1.807) is 74.5 Å². The number of benzene rings is 4. The van der Waals surface area contributed by atoms with Gasteiger partial charge in [0.15, 0.2) is 6.61 Å². The quantitative estimate of drug-likeness (QED) is 0.0585. The van der Waals surface area contributed by atoms with Crippen LogP contribution in [0.4, 0.5) is 36.4 Å². The maximum absolute atomic E-state index is 13.0. The molecule has 0 atom stereocenters. The molecule has 0 bridgehead atoms. The molecule has 0 saturated heterocycles. The Balaban J connectivity index is 0.997. The van der Waals surface area contributed by atoms with E-state index in [1.165, 1.54) is 24.3 Å². The van der Waals surface area contributed by atoms with Crippen LogP contribution in [-0.2, 0) is 15.1 Å². The highest BCUT2D eigenvalue weighted by molar-refractivity contribution is 6.39. The first-order valence-corrected chi connectivity index (χ1v) is 18.5. The molecule has 1 aromatic heterocycles. The zero-order valence-corrected chi connectivity index (χ0v) is 32.4. The summed E-state index contributed by atoms with van der Waals surface area (Å²) in [7, 11) is 0. The molecule has 0 unspecified atom stereocenters. The molecule has 1 heterocycles. The van der Waals surface area contributed by atoms with Crippen molar-refractivity contribution >= 4 is 58.6 Å². The minimum atomic E-state index is -4.62. The summed E-state index contributed by atoms with van der Waals surface area (Å²) < 4.78 is 43.8. The number of carboxylic acid groups (broad SMARTS) is 1. The maximum Gasteiger partial charge on any atom is 0.422 e. The van der Waals surface area contributed by atoms with Crippen LogP contribution >= 0.6 is 11.6 Å². The van der Waals surface area contributed by atoms with Gasteiger partial charge >= 0.3 is 30.0 Å². The van der Waals surface area contributed by atoms with Crippen LogP contribution in [0.25, 0.3) is 11.1 Å². The summed E-state index contributed by atoms with van der Waals surface area (Å²) in [6, 6.07) is 25.8. The first-order valence-electron chi connectivity index (χ1n) is 18.1. The smallest absolute Gasteiger partial charge is 0.422 e.